The van der Waals surface area contributed by atoms with Crippen LogP contribution in [0.25, 0.3) is 0 Å². The minimum absolute atomic E-state index is 0.0431. The van der Waals surface area contributed by atoms with Gasteiger partial charge in [0, 0.05) is 6.42 Å². The van der Waals surface area contributed by atoms with Crippen molar-refractivity contribution < 1.29 is 28.7 Å². The molecular weight excluding hydrogens is 204 g/mol. The van der Waals surface area contributed by atoms with Crippen molar-refractivity contribution in [2.45, 2.75) is 19.8 Å². The average molecular weight is 214 g/mol. The van der Waals surface area contributed by atoms with Crippen LogP contribution in [0, 0.1) is 0 Å². The van der Waals surface area contributed by atoms with Crippen LogP contribution in [0.4, 0.5) is 0 Å². The standard InChI is InChI=1S/C9H10O6/c1-3-5(10)6(11)4-7(12)8(13)9(14)15-2/h3-4H2,1-2H3. The highest BCUT2D eigenvalue weighted by Crippen LogP contribution is 1.94. The normalized spacial score (nSPS) is 9.20. The number of ketones is 4. The molecule has 0 atom stereocenters. The lowest BCUT2D eigenvalue weighted by atomic mass is 10.1. The lowest BCUT2D eigenvalue weighted by Gasteiger charge is -1.97. The van der Waals surface area contributed by atoms with Crippen molar-refractivity contribution in [3.05, 3.63) is 0 Å². The molecule has 0 radical (unpaired) electrons. The van der Waals surface area contributed by atoms with Gasteiger partial charge in [0.05, 0.1) is 13.5 Å². The first-order chi connectivity index (χ1) is 6.93. The highest BCUT2D eigenvalue weighted by Gasteiger charge is 2.27. The van der Waals surface area contributed by atoms with Crippen molar-refractivity contribution in [3.8, 4) is 0 Å². The van der Waals surface area contributed by atoms with E-state index in [0.29, 0.717) is 0 Å². The summed E-state index contributed by atoms with van der Waals surface area (Å²) in [6.45, 7) is 1.45. The fourth-order valence-corrected chi connectivity index (χ4v) is 0.728. The van der Waals surface area contributed by atoms with Crippen LogP contribution in [-0.2, 0) is 28.7 Å². The van der Waals surface area contributed by atoms with Crippen LogP contribution < -0.4 is 0 Å². The molecule has 0 rings (SSSR count). The highest BCUT2D eigenvalue weighted by molar-refractivity contribution is 6.64. The van der Waals surface area contributed by atoms with Crippen LogP contribution in [0.15, 0.2) is 0 Å². The predicted molar refractivity (Wildman–Crippen MR) is 47.0 cm³/mol. The van der Waals surface area contributed by atoms with Gasteiger partial charge in [0.25, 0.3) is 0 Å². The molecule has 0 spiro atoms. The van der Waals surface area contributed by atoms with E-state index in [9.17, 15) is 24.0 Å². The summed E-state index contributed by atoms with van der Waals surface area (Å²) in [5.41, 5.74) is 0. The summed E-state index contributed by atoms with van der Waals surface area (Å²) in [6, 6.07) is 0. The zero-order valence-electron chi connectivity index (χ0n) is 8.36. The third kappa shape index (κ3) is 3.80. The average Bonchev–Trinajstić information content (AvgIpc) is 2.25. The molecule has 0 aromatic carbocycles. The van der Waals surface area contributed by atoms with E-state index < -0.39 is 35.5 Å². The van der Waals surface area contributed by atoms with Crippen LogP contribution in [-0.4, -0.2) is 36.2 Å². The second-order valence-electron chi connectivity index (χ2n) is 2.62. The van der Waals surface area contributed by atoms with E-state index in [2.05, 4.69) is 4.74 Å². The molecule has 0 aliphatic rings. The first-order valence-electron chi connectivity index (χ1n) is 4.15. The van der Waals surface area contributed by atoms with Crippen LogP contribution >= 0.6 is 0 Å². The molecule has 0 heterocycles. The molecular formula is C9H10O6. The van der Waals surface area contributed by atoms with Crippen molar-refractivity contribution >= 4 is 29.1 Å². The molecule has 0 aromatic heterocycles. The Hall–Kier alpha value is -1.85. The van der Waals surface area contributed by atoms with Crippen molar-refractivity contribution in [3.63, 3.8) is 0 Å². The maximum Gasteiger partial charge on any atom is 0.382 e. The summed E-state index contributed by atoms with van der Waals surface area (Å²) >= 11 is 0. The number of carbonyl (C=O) groups is 5. The Morgan fingerprint density at radius 3 is 1.87 bits per heavy atom. The van der Waals surface area contributed by atoms with Gasteiger partial charge in [-0.1, -0.05) is 6.92 Å². The Kier molecular flexibility index (Phi) is 5.08. The fourth-order valence-electron chi connectivity index (χ4n) is 0.728. The molecule has 0 aliphatic heterocycles. The highest BCUT2D eigenvalue weighted by atomic mass is 16.5. The predicted octanol–water partition coefficient (Wildman–Crippen LogP) is -0.764. The number of Topliss-reactive ketones (excluding diaryl/α,β-unsaturated/α-hetero) is 4. The van der Waals surface area contributed by atoms with Gasteiger partial charge in [-0.25, -0.2) is 4.79 Å². The van der Waals surface area contributed by atoms with Gasteiger partial charge in [0.15, 0.2) is 5.78 Å². The topological polar surface area (TPSA) is 94.6 Å². The summed E-state index contributed by atoms with van der Waals surface area (Å²) in [5.74, 6) is -5.71. The third-order valence-electron chi connectivity index (χ3n) is 1.58. The number of carbonyl (C=O) groups excluding carboxylic acids is 5. The number of rotatable bonds is 6. The molecule has 82 valence electrons. The second kappa shape index (κ2) is 5.79. The Balaban J connectivity index is 4.38. The van der Waals surface area contributed by atoms with Crippen molar-refractivity contribution in [2.75, 3.05) is 7.11 Å². The first-order valence-corrected chi connectivity index (χ1v) is 4.15. The maximum atomic E-state index is 11.0. The number of ether oxygens (including phenoxy) is 1. The van der Waals surface area contributed by atoms with Gasteiger partial charge in [-0.3, -0.25) is 19.2 Å². The lowest BCUT2D eigenvalue weighted by molar-refractivity contribution is -0.155. The zero-order chi connectivity index (χ0) is 12.0. The molecule has 0 bridgehead atoms. The Bertz CT molecular complexity index is 327. The monoisotopic (exact) mass is 214 g/mol. The molecule has 0 saturated carbocycles. The van der Waals surface area contributed by atoms with E-state index >= 15 is 0 Å². The molecule has 0 unspecified atom stereocenters. The number of esters is 1. The van der Waals surface area contributed by atoms with E-state index in [1.165, 1.54) is 6.92 Å². The Morgan fingerprint density at radius 2 is 1.47 bits per heavy atom. The summed E-state index contributed by atoms with van der Waals surface area (Å²) in [6.07, 6.45) is -0.918. The second-order valence-corrected chi connectivity index (χ2v) is 2.62. The summed E-state index contributed by atoms with van der Waals surface area (Å²) in [4.78, 5) is 54.1. The third-order valence-corrected chi connectivity index (χ3v) is 1.58. The first kappa shape index (κ1) is 13.2. The summed E-state index contributed by atoms with van der Waals surface area (Å²) in [7, 11) is 0.937. The van der Waals surface area contributed by atoms with Gasteiger partial charge in [0.2, 0.25) is 11.6 Å². The SMILES string of the molecule is CCC(=O)C(=O)CC(=O)C(=O)C(=O)OC. The molecule has 0 fully saturated rings. The minimum atomic E-state index is -1.42. The summed E-state index contributed by atoms with van der Waals surface area (Å²) < 4.78 is 4.00. The number of hydrogen-bond acceptors (Lipinski definition) is 6. The minimum Gasteiger partial charge on any atom is -0.463 e. The molecule has 0 N–H and O–H groups in total. The summed E-state index contributed by atoms with van der Waals surface area (Å²) in [5, 5.41) is 0. The molecule has 6 heteroatoms. The van der Waals surface area contributed by atoms with Gasteiger partial charge in [0.1, 0.15) is 0 Å². The van der Waals surface area contributed by atoms with Crippen molar-refractivity contribution in [1.29, 1.82) is 0 Å². The van der Waals surface area contributed by atoms with Crippen LogP contribution in [0.1, 0.15) is 19.8 Å². The maximum absolute atomic E-state index is 11.0. The molecule has 0 aromatic rings. The number of hydrogen-bond donors (Lipinski definition) is 0. The molecule has 0 amide bonds. The van der Waals surface area contributed by atoms with Crippen LogP contribution in [0.5, 0.6) is 0 Å². The van der Waals surface area contributed by atoms with E-state index in [1.54, 1.807) is 0 Å². The van der Waals surface area contributed by atoms with E-state index in [-0.39, 0.29) is 6.42 Å². The van der Waals surface area contributed by atoms with Gasteiger partial charge in [-0.2, -0.15) is 0 Å². The van der Waals surface area contributed by atoms with E-state index in [0.717, 1.165) is 7.11 Å². The van der Waals surface area contributed by atoms with Gasteiger partial charge < -0.3 is 4.74 Å². The number of methoxy groups -OCH3 is 1. The van der Waals surface area contributed by atoms with Crippen molar-refractivity contribution in [2.24, 2.45) is 0 Å². The van der Waals surface area contributed by atoms with Gasteiger partial charge in [-0.05, 0) is 0 Å². The lowest BCUT2D eigenvalue weighted by Crippen LogP contribution is -2.28. The fraction of sp³-hybridized carbons (Fsp3) is 0.444. The van der Waals surface area contributed by atoms with E-state index in [1.807, 2.05) is 0 Å². The van der Waals surface area contributed by atoms with Crippen LogP contribution in [0.3, 0.4) is 0 Å². The molecule has 6 nitrogen and oxygen atoms in total. The molecule has 0 aliphatic carbocycles. The smallest absolute Gasteiger partial charge is 0.382 e. The Labute approximate surface area is 85.6 Å². The largest absolute Gasteiger partial charge is 0.463 e. The Morgan fingerprint density at radius 1 is 0.933 bits per heavy atom. The zero-order valence-corrected chi connectivity index (χ0v) is 8.36. The van der Waals surface area contributed by atoms with E-state index in [4.69, 9.17) is 0 Å². The van der Waals surface area contributed by atoms with Gasteiger partial charge >= 0.3 is 11.8 Å². The van der Waals surface area contributed by atoms with Gasteiger partial charge in [-0.15, -0.1) is 0 Å². The van der Waals surface area contributed by atoms with Crippen molar-refractivity contribution in [1.82, 2.24) is 0 Å². The van der Waals surface area contributed by atoms with Crippen LogP contribution in [0.2, 0.25) is 0 Å². The quantitative estimate of drug-likeness (QED) is 0.327. The molecule has 0 saturated heterocycles. The molecule has 15 heavy (non-hydrogen) atoms.